The third-order valence-electron chi connectivity index (χ3n) is 5.03. The van der Waals surface area contributed by atoms with Crippen molar-refractivity contribution in [3.8, 4) is 11.1 Å². The van der Waals surface area contributed by atoms with Gasteiger partial charge in [0.25, 0.3) is 0 Å². The fourth-order valence-corrected chi connectivity index (χ4v) is 7.34. The van der Waals surface area contributed by atoms with Gasteiger partial charge in [0.05, 0.1) is 29.6 Å². The fourth-order valence-electron chi connectivity index (χ4n) is 3.29. The summed E-state index contributed by atoms with van der Waals surface area (Å²) in [6, 6.07) is 20.8. The van der Waals surface area contributed by atoms with E-state index >= 15 is 0 Å². The van der Waals surface area contributed by atoms with Crippen LogP contribution in [0.2, 0.25) is 20.1 Å². The first-order valence-electron chi connectivity index (χ1n) is 9.61. The lowest BCUT2D eigenvalue weighted by molar-refractivity contribution is 0.594. The van der Waals surface area contributed by atoms with E-state index in [1.54, 1.807) is 24.3 Å². The molecule has 0 aromatic heterocycles. The van der Waals surface area contributed by atoms with Crippen molar-refractivity contribution in [2.24, 2.45) is 0 Å². The van der Waals surface area contributed by atoms with E-state index in [9.17, 15) is 16.8 Å². The van der Waals surface area contributed by atoms with Crippen LogP contribution in [0.15, 0.2) is 105 Å². The summed E-state index contributed by atoms with van der Waals surface area (Å²) >= 11 is 23.9. The Morgan fingerprint density at radius 2 is 0.765 bits per heavy atom. The van der Waals surface area contributed by atoms with Crippen LogP contribution in [0.3, 0.4) is 0 Å². The Balaban J connectivity index is 1.63. The Morgan fingerprint density at radius 3 is 1.06 bits per heavy atom. The highest BCUT2D eigenvalue weighted by molar-refractivity contribution is 7.92. The first-order valence-corrected chi connectivity index (χ1v) is 14.1. The molecule has 0 heterocycles. The van der Waals surface area contributed by atoms with Crippen molar-refractivity contribution in [1.82, 2.24) is 0 Å². The van der Waals surface area contributed by atoms with Gasteiger partial charge in [-0.3, -0.25) is 0 Å². The van der Waals surface area contributed by atoms with Gasteiger partial charge in [0, 0.05) is 10.0 Å². The van der Waals surface area contributed by atoms with Crippen LogP contribution < -0.4 is 0 Å². The maximum atomic E-state index is 12.9. The van der Waals surface area contributed by atoms with Crippen LogP contribution in [0.4, 0.5) is 0 Å². The lowest BCUT2D eigenvalue weighted by Crippen LogP contribution is -2.03. The average Bonchev–Trinajstić information content (AvgIpc) is 2.79. The summed E-state index contributed by atoms with van der Waals surface area (Å²) in [5.41, 5.74) is 1.41. The largest absolute Gasteiger partial charge is 0.218 e. The van der Waals surface area contributed by atoms with Crippen LogP contribution in [0.25, 0.3) is 11.1 Å². The quantitative estimate of drug-likeness (QED) is 0.247. The molecule has 174 valence electrons. The van der Waals surface area contributed by atoms with Gasteiger partial charge in [0.2, 0.25) is 19.7 Å². The summed E-state index contributed by atoms with van der Waals surface area (Å²) in [7, 11) is -7.68. The molecule has 0 fully saturated rings. The van der Waals surface area contributed by atoms with Gasteiger partial charge < -0.3 is 0 Å². The lowest BCUT2D eigenvalue weighted by Gasteiger charge is -2.10. The molecular weight excluding hydrogens is 558 g/mol. The zero-order chi connectivity index (χ0) is 24.7. The molecule has 0 bridgehead atoms. The molecule has 4 nitrogen and oxygen atoms in total. The summed E-state index contributed by atoms with van der Waals surface area (Å²) in [6.45, 7) is 0. The van der Waals surface area contributed by atoms with Crippen molar-refractivity contribution >= 4 is 66.1 Å². The second-order valence-electron chi connectivity index (χ2n) is 7.21. The minimum Gasteiger partial charge on any atom is -0.218 e. The fraction of sp³-hybridized carbons (Fsp3) is 0. The second kappa shape index (κ2) is 9.53. The molecule has 10 heteroatoms. The Hall–Kier alpha value is -2.06. The molecule has 0 atom stereocenters. The molecule has 4 rings (SSSR count). The van der Waals surface area contributed by atoms with Gasteiger partial charge in [0.1, 0.15) is 0 Å². The third kappa shape index (κ3) is 4.85. The van der Waals surface area contributed by atoms with Crippen LogP contribution in [0, 0.1) is 0 Å². The average molecular weight is 572 g/mol. The molecular formula is C24H14Cl4O4S2. The topological polar surface area (TPSA) is 68.3 Å². The van der Waals surface area contributed by atoms with Crippen LogP contribution in [-0.4, -0.2) is 16.8 Å². The minimum atomic E-state index is -3.84. The first kappa shape index (κ1) is 25.0. The zero-order valence-corrected chi connectivity index (χ0v) is 21.7. The molecule has 4 aromatic rings. The highest BCUT2D eigenvalue weighted by atomic mass is 35.5. The maximum absolute atomic E-state index is 12.9. The Morgan fingerprint density at radius 1 is 0.441 bits per heavy atom. The standard InChI is InChI=1S/C24H14Cl4O4S2/c25-17-5-11-23(21(27)13-17)33(29,30)19-7-1-15(2-8-19)16-3-9-20(10-4-16)34(31,32)24-12-6-18(26)14-22(24)28/h1-14H. The number of sulfone groups is 2. The molecule has 0 N–H and O–H groups in total. The van der Waals surface area contributed by atoms with Crippen LogP contribution in [0.1, 0.15) is 0 Å². The van der Waals surface area contributed by atoms with Crippen molar-refractivity contribution in [2.75, 3.05) is 0 Å². The Kier molecular flexibility index (Phi) is 7.02. The smallest absolute Gasteiger partial charge is 0.208 e. The number of rotatable bonds is 5. The van der Waals surface area contributed by atoms with E-state index < -0.39 is 19.7 Å². The van der Waals surface area contributed by atoms with Gasteiger partial charge in [-0.1, -0.05) is 70.7 Å². The number of hydrogen-bond donors (Lipinski definition) is 0. The van der Waals surface area contributed by atoms with E-state index in [1.807, 2.05) is 0 Å². The summed E-state index contributed by atoms with van der Waals surface area (Å²) in [5.74, 6) is 0. The van der Waals surface area contributed by atoms with Crippen molar-refractivity contribution in [1.29, 1.82) is 0 Å². The lowest BCUT2D eigenvalue weighted by atomic mass is 10.1. The minimum absolute atomic E-state index is 0.0363. The Bertz CT molecular complexity index is 1480. The Labute approximate surface area is 217 Å². The highest BCUT2D eigenvalue weighted by Crippen LogP contribution is 2.33. The third-order valence-corrected chi connectivity index (χ3v) is 10.0. The molecule has 0 aliphatic rings. The molecule has 0 saturated carbocycles. The monoisotopic (exact) mass is 570 g/mol. The van der Waals surface area contributed by atoms with Gasteiger partial charge in [-0.2, -0.15) is 0 Å². The van der Waals surface area contributed by atoms with Crippen molar-refractivity contribution in [2.45, 2.75) is 19.6 Å². The molecule has 34 heavy (non-hydrogen) atoms. The van der Waals surface area contributed by atoms with E-state index in [2.05, 4.69) is 0 Å². The van der Waals surface area contributed by atoms with E-state index in [0.717, 1.165) is 0 Å². The van der Waals surface area contributed by atoms with Crippen LogP contribution in [-0.2, 0) is 19.7 Å². The summed E-state index contributed by atoms with van der Waals surface area (Å²) in [6.07, 6.45) is 0. The van der Waals surface area contributed by atoms with Crippen molar-refractivity contribution in [3.05, 3.63) is 105 Å². The molecule has 0 aliphatic heterocycles. The SMILES string of the molecule is O=S(=O)(c1ccc(-c2ccc(S(=O)(=O)c3ccc(Cl)cc3Cl)cc2)cc1)c1ccc(Cl)cc1Cl. The molecule has 0 saturated heterocycles. The first-order chi connectivity index (χ1) is 16.0. The van der Waals surface area contributed by atoms with Gasteiger partial charge >= 0.3 is 0 Å². The number of halogens is 4. The van der Waals surface area contributed by atoms with Gasteiger partial charge in [0.15, 0.2) is 0 Å². The maximum Gasteiger partial charge on any atom is 0.208 e. The molecule has 0 unspecified atom stereocenters. The second-order valence-corrected chi connectivity index (χ2v) is 12.7. The zero-order valence-electron chi connectivity index (χ0n) is 17.0. The normalized spacial score (nSPS) is 12.0. The van der Waals surface area contributed by atoms with E-state index in [0.29, 0.717) is 21.2 Å². The van der Waals surface area contributed by atoms with Crippen molar-refractivity contribution < 1.29 is 16.8 Å². The van der Waals surface area contributed by atoms with Gasteiger partial charge in [-0.05, 0) is 71.8 Å². The molecule has 0 spiro atoms. The summed E-state index contributed by atoms with van der Waals surface area (Å²) < 4.78 is 51.8. The molecule has 4 aromatic carbocycles. The summed E-state index contributed by atoms with van der Waals surface area (Å²) in [5, 5.41) is 0.745. The molecule has 0 aliphatic carbocycles. The van der Waals surface area contributed by atoms with Gasteiger partial charge in [-0.25, -0.2) is 16.8 Å². The van der Waals surface area contributed by atoms with Crippen LogP contribution >= 0.6 is 46.4 Å². The number of hydrogen-bond acceptors (Lipinski definition) is 4. The van der Waals surface area contributed by atoms with Gasteiger partial charge in [-0.15, -0.1) is 0 Å². The number of benzene rings is 4. The van der Waals surface area contributed by atoms with E-state index in [-0.39, 0.29) is 29.6 Å². The van der Waals surface area contributed by atoms with E-state index in [4.69, 9.17) is 46.4 Å². The summed E-state index contributed by atoms with van der Waals surface area (Å²) in [4.78, 5) is 0.0533. The van der Waals surface area contributed by atoms with Crippen molar-refractivity contribution in [3.63, 3.8) is 0 Å². The molecule has 0 amide bonds. The van der Waals surface area contributed by atoms with Crippen LogP contribution in [0.5, 0.6) is 0 Å². The predicted molar refractivity (Wildman–Crippen MR) is 136 cm³/mol. The molecule has 0 radical (unpaired) electrons. The van der Waals surface area contributed by atoms with E-state index in [1.165, 1.54) is 60.7 Å². The highest BCUT2D eigenvalue weighted by Gasteiger charge is 2.22. The predicted octanol–water partition coefficient (Wildman–Crippen LogP) is 7.63.